The summed E-state index contributed by atoms with van der Waals surface area (Å²) in [6.45, 7) is 5.29. The van der Waals surface area contributed by atoms with E-state index in [9.17, 15) is 18.0 Å². The summed E-state index contributed by atoms with van der Waals surface area (Å²) in [7, 11) is 0. The van der Waals surface area contributed by atoms with Crippen molar-refractivity contribution in [3.8, 4) is 11.1 Å². The van der Waals surface area contributed by atoms with E-state index in [1.807, 2.05) is 50.2 Å². The molecule has 4 nitrogen and oxygen atoms in total. The van der Waals surface area contributed by atoms with Crippen LogP contribution in [-0.2, 0) is 11.0 Å². The summed E-state index contributed by atoms with van der Waals surface area (Å²) in [6, 6.07) is 13.9. The number of rotatable bonds is 2. The van der Waals surface area contributed by atoms with Crippen LogP contribution in [0.25, 0.3) is 11.1 Å². The van der Waals surface area contributed by atoms with Crippen LogP contribution >= 0.6 is 0 Å². The van der Waals surface area contributed by atoms with Gasteiger partial charge in [-0.05, 0) is 73.4 Å². The summed E-state index contributed by atoms with van der Waals surface area (Å²) in [5.41, 5.74) is 4.68. The van der Waals surface area contributed by atoms with Gasteiger partial charge in [0.05, 0.1) is 29.4 Å². The molecule has 1 aliphatic rings. The molecular weight excluding hydrogens is 403 g/mol. The van der Waals surface area contributed by atoms with Crippen molar-refractivity contribution in [1.29, 1.82) is 0 Å². The van der Waals surface area contributed by atoms with E-state index >= 15 is 0 Å². The number of pyridine rings is 1. The zero-order chi connectivity index (χ0) is 22.3. The Morgan fingerprint density at radius 3 is 2.32 bits per heavy atom. The van der Waals surface area contributed by atoms with Gasteiger partial charge in [0.1, 0.15) is 0 Å². The number of fused-ring (bicyclic) bond motifs is 1. The van der Waals surface area contributed by atoms with Gasteiger partial charge in [0, 0.05) is 11.4 Å². The van der Waals surface area contributed by atoms with Crippen LogP contribution in [0.2, 0.25) is 0 Å². The standard InChI is InChI=1S/C24H22F3N3O/c1-13-7-21-22(11-19(13)24(25,26)27)30-23(31)12-20(29-21)17-6-4-5-16(10-17)18-8-14(2)28-15(3)9-18/h4-11,20,29H,12H2,1-3H3,(H,30,31). The maximum absolute atomic E-state index is 13.3. The van der Waals surface area contributed by atoms with Crippen LogP contribution in [0, 0.1) is 20.8 Å². The average Bonchev–Trinajstić information content (AvgIpc) is 2.83. The topological polar surface area (TPSA) is 54.0 Å². The quantitative estimate of drug-likeness (QED) is 0.515. The highest BCUT2D eigenvalue weighted by atomic mass is 19.4. The molecular formula is C24H22F3N3O. The van der Waals surface area contributed by atoms with Crippen LogP contribution < -0.4 is 10.6 Å². The second-order valence-electron chi connectivity index (χ2n) is 7.92. The summed E-state index contributed by atoms with van der Waals surface area (Å²) >= 11 is 0. The fraction of sp³-hybridized carbons (Fsp3) is 0.250. The SMILES string of the molecule is Cc1cc(-c2cccc(C3CC(=O)Nc4cc(C(F)(F)F)c(C)cc4N3)c2)cc(C)n1. The Labute approximate surface area is 178 Å². The van der Waals surface area contributed by atoms with Crippen LogP contribution in [-0.4, -0.2) is 10.9 Å². The molecule has 1 atom stereocenters. The highest BCUT2D eigenvalue weighted by molar-refractivity contribution is 5.97. The fourth-order valence-corrected chi connectivity index (χ4v) is 4.00. The minimum atomic E-state index is -4.48. The van der Waals surface area contributed by atoms with Crippen molar-refractivity contribution < 1.29 is 18.0 Å². The minimum Gasteiger partial charge on any atom is -0.376 e. The number of hydrogen-bond donors (Lipinski definition) is 2. The molecule has 0 bridgehead atoms. The van der Waals surface area contributed by atoms with Crippen molar-refractivity contribution in [3.63, 3.8) is 0 Å². The Morgan fingerprint density at radius 2 is 1.65 bits per heavy atom. The van der Waals surface area contributed by atoms with Gasteiger partial charge in [0.25, 0.3) is 0 Å². The Hall–Kier alpha value is -3.35. The Kier molecular flexibility index (Phi) is 5.21. The fourth-order valence-electron chi connectivity index (χ4n) is 4.00. The van der Waals surface area contributed by atoms with E-state index in [1.165, 1.54) is 13.0 Å². The van der Waals surface area contributed by atoms with Crippen molar-refractivity contribution in [1.82, 2.24) is 4.98 Å². The second-order valence-corrected chi connectivity index (χ2v) is 7.92. The number of halogens is 3. The zero-order valence-electron chi connectivity index (χ0n) is 17.4. The summed E-state index contributed by atoms with van der Waals surface area (Å²) in [4.78, 5) is 16.9. The predicted octanol–water partition coefficient (Wildman–Crippen LogP) is 6.19. The molecule has 4 rings (SSSR count). The summed E-state index contributed by atoms with van der Waals surface area (Å²) < 4.78 is 39.9. The van der Waals surface area contributed by atoms with Crippen LogP contribution in [0.5, 0.6) is 0 Å². The lowest BCUT2D eigenvalue weighted by Crippen LogP contribution is -2.15. The van der Waals surface area contributed by atoms with Gasteiger partial charge in [-0.15, -0.1) is 0 Å². The van der Waals surface area contributed by atoms with Crippen LogP contribution in [0.4, 0.5) is 24.5 Å². The lowest BCUT2D eigenvalue weighted by atomic mass is 9.97. The normalized spacial score (nSPS) is 16.2. The van der Waals surface area contributed by atoms with Gasteiger partial charge in [0.2, 0.25) is 5.91 Å². The van der Waals surface area contributed by atoms with Crippen molar-refractivity contribution in [3.05, 3.63) is 76.6 Å². The minimum absolute atomic E-state index is 0.102. The summed E-state index contributed by atoms with van der Waals surface area (Å²) in [5, 5.41) is 5.88. The van der Waals surface area contributed by atoms with Gasteiger partial charge in [-0.3, -0.25) is 9.78 Å². The Balaban J connectivity index is 1.72. The third-order valence-electron chi connectivity index (χ3n) is 5.37. The number of alkyl halides is 3. The monoisotopic (exact) mass is 425 g/mol. The number of hydrogen-bond acceptors (Lipinski definition) is 3. The smallest absolute Gasteiger partial charge is 0.376 e. The number of aromatic nitrogens is 1. The maximum Gasteiger partial charge on any atom is 0.416 e. The number of aryl methyl sites for hydroxylation is 3. The molecule has 0 saturated carbocycles. The molecule has 1 aromatic heterocycles. The average molecular weight is 425 g/mol. The number of anilines is 2. The molecule has 0 saturated heterocycles. The highest BCUT2D eigenvalue weighted by Crippen LogP contribution is 2.40. The van der Waals surface area contributed by atoms with E-state index < -0.39 is 11.7 Å². The summed E-state index contributed by atoms with van der Waals surface area (Å²) in [6.07, 6.45) is -4.38. The third kappa shape index (κ3) is 4.40. The maximum atomic E-state index is 13.3. The molecule has 1 unspecified atom stereocenters. The number of nitrogens with zero attached hydrogens (tertiary/aromatic N) is 1. The Morgan fingerprint density at radius 1 is 0.935 bits per heavy atom. The lowest BCUT2D eigenvalue weighted by Gasteiger charge is -2.20. The van der Waals surface area contributed by atoms with E-state index in [-0.39, 0.29) is 29.6 Å². The largest absolute Gasteiger partial charge is 0.416 e. The number of carbonyl (C=O) groups is 1. The number of carbonyl (C=O) groups excluding carboxylic acids is 1. The highest BCUT2D eigenvalue weighted by Gasteiger charge is 2.34. The van der Waals surface area contributed by atoms with E-state index in [4.69, 9.17) is 0 Å². The summed E-state index contributed by atoms with van der Waals surface area (Å²) in [5.74, 6) is -0.339. The lowest BCUT2D eigenvalue weighted by molar-refractivity contribution is -0.138. The number of nitrogens with one attached hydrogen (secondary N) is 2. The molecule has 1 amide bonds. The molecule has 2 heterocycles. The van der Waals surface area contributed by atoms with Gasteiger partial charge in [-0.2, -0.15) is 13.2 Å². The third-order valence-corrected chi connectivity index (χ3v) is 5.37. The molecule has 0 fully saturated rings. The molecule has 1 aliphatic heterocycles. The van der Waals surface area contributed by atoms with Crippen molar-refractivity contribution in [2.75, 3.05) is 10.6 Å². The molecule has 2 N–H and O–H groups in total. The zero-order valence-corrected chi connectivity index (χ0v) is 17.4. The van der Waals surface area contributed by atoms with Gasteiger partial charge >= 0.3 is 6.18 Å². The first kappa shape index (κ1) is 20.9. The molecule has 31 heavy (non-hydrogen) atoms. The van der Waals surface area contributed by atoms with Crippen LogP contribution in [0.3, 0.4) is 0 Å². The Bertz CT molecular complexity index is 1150. The van der Waals surface area contributed by atoms with Crippen LogP contribution in [0.1, 0.15) is 40.5 Å². The van der Waals surface area contributed by atoms with Crippen LogP contribution in [0.15, 0.2) is 48.5 Å². The molecule has 2 aromatic carbocycles. The van der Waals surface area contributed by atoms with E-state index in [2.05, 4.69) is 15.6 Å². The molecule has 0 radical (unpaired) electrons. The molecule has 160 valence electrons. The van der Waals surface area contributed by atoms with E-state index in [0.29, 0.717) is 5.69 Å². The van der Waals surface area contributed by atoms with Crippen molar-refractivity contribution in [2.24, 2.45) is 0 Å². The van der Waals surface area contributed by atoms with Gasteiger partial charge in [-0.25, -0.2) is 0 Å². The van der Waals surface area contributed by atoms with E-state index in [0.717, 1.165) is 34.1 Å². The van der Waals surface area contributed by atoms with Crippen molar-refractivity contribution in [2.45, 2.75) is 39.4 Å². The molecule has 0 aliphatic carbocycles. The molecule has 7 heteroatoms. The first-order chi connectivity index (χ1) is 14.6. The number of benzene rings is 2. The van der Waals surface area contributed by atoms with Gasteiger partial charge in [-0.1, -0.05) is 18.2 Å². The predicted molar refractivity (Wildman–Crippen MR) is 115 cm³/mol. The first-order valence-corrected chi connectivity index (χ1v) is 9.94. The number of amides is 1. The van der Waals surface area contributed by atoms with Gasteiger partial charge in [0.15, 0.2) is 0 Å². The van der Waals surface area contributed by atoms with Gasteiger partial charge < -0.3 is 10.6 Å². The molecule has 3 aromatic rings. The van der Waals surface area contributed by atoms with E-state index in [1.54, 1.807) is 0 Å². The van der Waals surface area contributed by atoms with Crippen molar-refractivity contribution >= 4 is 17.3 Å². The second kappa shape index (κ2) is 7.72. The molecule has 0 spiro atoms. The first-order valence-electron chi connectivity index (χ1n) is 9.94.